The van der Waals surface area contributed by atoms with Crippen LogP contribution in [0.15, 0.2) is 17.3 Å². The van der Waals surface area contributed by atoms with Crippen molar-refractivity contribution in [3.05, 3.63) is 12.4 Å². The number of sulfonamides is 1. The largest absolute Gasteiger partial charge is 0.380 e. The standard InChI is InChI=1S/C11H20N4O3S/c1-2-12-4-5-15-8-11(7-13-15)19(16,17)14-10-3-6-18-9-10/h7-8,10,12,14H,2-6,9H2,1H3. The second-order valence-corrected chi connectivity index (χ2v) is 6.19. The lowest BCUT2D eigenvalue weighted by Crippen LogP contribution is -2.34. The van der Waals surface area contributed by atoms with Crippen LogP contribution in [0.5, 0.6) is 0 Å². The number of rotatable bonds is 7. The van der Waals surface area contributed by atoms with Crippen molar-refractivity contribution in [2.75, 3.05) is 26.3 Å². The second kappa shape index (κ2) is 6.47. The molecule has 7 nitrogen and oxygen atoms in total. The van der Waals surface area contributed by atoms with Crippen LogP contribution in [0.2, 0.25) is 0 Å². The molecule has 1 atom stereocenters. The predicted molar refractivity (Wildman–Crippen MR) is 70.3 cm³/mol. The number of nitrogens with one attached hydrogen (secondary N) is 2. The first-order valence-electron chi connectivity index (χ1n) is 6.45. The summed E-state index contributed by atoms with van der Waals surface area (Å²) in [5.74, 6) is 0. The highest BCUT2D eigenvalue weighted by molar-refractivity contribution is 7.89. The molecule has 1 fully saturated rings. The summed E-state index contributed by atoms with van der Waals surface area (Å²) in [5, 5.41) is 7.22. The molecule has 108 valence electrons. The van der Waals surface area contributed by atoms with Gasteiger partial charge in [-0.25, -0.2) is 13.1 Å². The monoisotopic (exact) mass is 288 g/mol. The van der Waals surface area contributed by atoms with Crippen LogP contribution in [0.1, 0.15) is 13.3 Å². The Labute approximate surface area is 113 Å². The highest BCUT2D eigenvalue weighted by Crippen LogP contribution is 2.11. The number of likely N-dealkylation sites (N-methyl/N-ethyl adjacent to an activating group) is 1. The molecular weight excluding hydrogens is 268 g/mol. The minimum Gasteiger partial charge on any atom is -0.380 e. The minimum absolute atomic E-state index is 0.130. The van der Waals surface area contributed by atoms with Crippen LogP contribution in [0, 0.1) is 0 Å². The molecule has 0 amide bonds. The molecule has 0 spiro atoms. The summed E-state index contributed by atoms with van der Waals surface area (Å²) in [6, 6.07) is -0.130. The van der Waals surface area contributed by atoms with E-state index in [0.29, 0.717) is 26.2 Å². The summed E-state index contributed by atoms with van der Waals surface area (Å²) in [6.45, 7) is 5.36. The third kappa shape index (κ3) is 4.00. The van der Waals surface area contributed by atoms with Crippen molar-refractivity contribution < 1.29 is 13.2 Å². The first-order valence-corrected chi connectivity index (χ1v) is 7.93. The maximum Gasteiger partial charge on any atom is 0.244 e. The predicted octanol–water partition coefficient (Wildman–Crippen LogP) is -0.440. The molecule has 1 aliphatic heterocycles. The zero-order valence-corrected chi connectivity index (χ0v) is 11.8. The number of hydrogen-bond acceptors (Lipinski definition) is 5. The SMILES string of the molecule is CCNCCn1cc(S(=O)(=O)NC2CCOC2)cn1. The van der Waals surface area contributed by atoms with E-state index in [9.17, 15) is 8.42 Å². The summed E-state index contributed by atoms with van der Waals surface area (Å²) >= 11 is 0. The Morgan fingerprint density at radius 2 is 2.42 bits per heavy atom. The van der Waals surface area contributed by atoms with Crippen molar-refractivity contribution in [3.63, 3.8) is 0 Å². The zero-order chi connectivity index (χ0) is 13.7. The lowest BCUT2D eigenvalue weighted by molar-refractivity contribution is 0.192. The molecule has 0 aromatic carbocycles. The van der Waals surface area contributed by atoms with Gasteiger partial charge in [-0.3, -0.25) is 4.68 Å². The maximum absolute atomic E-state index is 12.1. The average molecular weight is 288 g/mol. The Morgan fingerprint density at radius 3 is 3.11 bits per heavy atom. The van der Waals surface area contributed by atoms with Crippen LogP contribution in [0.3, 0.4) is 0 Å². The van der Waals surface area contributed by atoms with Crippen LogP contribution < -0.4 is 10.0 Å². The molecule has 1 saturated heterocycles. The fourth-order valence-corrected chi connectivity index (χ4v) is 3.10. The van der Waals surface area contributed by atoms with Crippen LogP contribution in [0.4, 0.5) is 0 Å². The summed E-state index contributed by atoms with van der Waals surface area (Å²) in [7, 11) is -3.49. The van der Waals surface area contributed by atoms with Gasteiger partial charge in [-0.05, 0) is 13.0 Å². The first kappa shape index (κ1) is 14.4. The van der Waals surface area contributed by atoms with Crippen molar-refractivity contribution in [2.45, 2.75) is 30.8 Å². The molecule has 19 heavy (non-hydrogen) atoms. The van der Waals surface area contributed by atoms with Crippen molar-refractivity contribution >= 4 is 10.0 Å². The second-order valence-electron chi connectivity index (χ2n) is 4.47. The quantitative estimate of drug-likeness (QED) is 0.664. The lowest BCUT2D eigenvalue weighted by atomic mass is 10.3. The van der Waals surface area contributed by atoms with E-state index in [1.54, 1.807) is 10.9 Å². The Hall–Kier alpha value is -0.960. The molecule has 0 aliphatic carbocycles. The van der Waals surface area contributed by atoms with Gasteiger partial charge in [-0.2, -0.15) is 5.10 Å². The highest BCUT2D eigenvalue weighted by atomic mass is 32.2. The van der Waals surface area contributed by atoms with Crippen LogP contribution >= 0.6 is 0 Å². The normalized spacial score (nSPS) is 19.9. The van der Waals surface area contributed by atoms with Crippen molar-refractivity contribution in [3.8, 4) is 0 Å². The molecule has 0 radical (unpaired) electrons. The summed E-state index contributed by atoms with van der Waals surface area (Å²) in [4.78, 5) is 0.205. The summed E-state index contributed by atoms with van der Waals surface area (Å²) in [5.41, 5.74) is 0. The van der Waals surface area contributed by atoms with Gasteiger partial charge in [0.25, 0.3) is 0 Å². The molecule has 1 aliphatic rings. The van der Waals surface area contributed by atoms with E-state index < -0.39 is 10.0 Å². The van der Waals surface area contributed by atoms with Gasteiger partial charge >= 0.3 is 0 Å². The van der Waals surface area contributed by atoms with E-state index in [4.69, 9.17) is 4.74 Å². The van der Waals surface area contributed by atoms with Gasteiger partial charge in [-0.1, -0.05) is 6.92 Å². The third-order valence-corrected chi connectivity index (χ3v) is 4.41. The molecule has 2 heterocycles. The van der Waals surface area contributed by atoms with Gasteiger partial charge in [0.1, 0.15) is 4.90 Å². The van der Waals surface area contributed by atoms with E-state index in [-0.39, 0.29) is 10.9 Å². The third-order valence-electron chi connectivity index (χ3n) is 2.94. The first-order chi connectivity index (χ1) is 9.12. The van der Waals surface area contributed by atoms with Gasteiger partial charge in [0.05, 0.1) is 19.3 Å². The molecule has 8 heteroatoms. The molecule has 1 unspecified atom stereocenters. The van der Waals surface area contributed by atoms with Gasteiger partial charge in [0, 0.05) is 25.4 Å². The van der Waals surface area contributed by atoms with Gasteiger partial charge < -0.3 is 10.1 Å². The fraction of sp³-hybridized carbons (Fsp3) is 0.727. The van der Waals surface area contributed by atoms with Crippen LogP contribution in [0.25, 0.3) is 0 Å². The van der Waals surface area contributed by atoms with Gasteiger partial charge in [0.2, 0.25) is 10.0 Å². The highest BCUT2D eigenvalue weighted by Gasteiger charge is 2.24. The number of aromatic nitrogens is 2. The Morgan fingerprint density at radius 1 is 1.58 bits per heavy atom. The molecule has 1 aromatic rings. The van der Waals surface area contributed by atoms with E-state index in [0.717, 1.165) is 13.1 Å². The Bertz CT molecular complexity index is 494. The Kier molecular flexibility index (Phi) is 4.92. The topological polar surface area (TPSA) is 85.2 Å². The number of ether oxygens (including phenoxy) is 1. The van der Waals surface area contributed by atoms with Gasteiger partial charge in [-0.15, -0.1) is 0 Å². The van der Waals surface area contributed by atoms with E-state index in [1.807, 2.05) is 6.92 Å². The van der Waals surface area contributed by atoms with Crippen molar-refractivity contribution in [2.24, 2.45) is 0 Å². The van der Waals surface area contributed by atoms with Crippen molar-refractivity contribution in [1.29, 1.82) is 0 Å². The fourth-order valence-electron chi connectivity index (χ4n) is 1.89. The zero-order valence-electron chi connectivity index (χ0n) is 11.0. The molecule has 0 bridgehead atoms. The Balaban J connectivity index is 1.95. The summed E-state index contributed by atoms with van der Waals surface area (Å²) in [6.07, 6.45) is 3.65. The van der Waals surface area contributed by atoms with Gasteiger partial charge in [0.15, 0.2) is 0 Å². The van der Waals surface area contributed by atoms with E-state index in [1.165, 1.54) is 6.20 Å². The average Bonchev–Trinajstić information content (AvgIpc) is 3.00. The molecule has 0 saturated carbocycles. The van der Waals surface area contributed by atoms with Crippen LogP contribution in [-0.2, 0) is 21.3 Å². The lowest BCUT2D eigenvalue weighted by Gasteiger charge is -2.09. The van der Waals surface area contributed by atoms with E-state index >= 15 is 0 Å². The minimum atomic E-state index is -3.49. The molecular formula is C11H20N4O3S. The molecule has 1 aromatic heterocycles. The molecule has 2 N–H and O–H groups in total. The van der Waals surface area contributed by atoms with Crippen molar-refractivity contribution in [1.82, 2.24) is 19.8 Å². The summed E-state index contributed by atoms with van der Waals surface area (Å²) < 4.78 is 33.6. The maximum atomic E-state index is 12.1. The van der Waals surface area contributed by atoms with Crippen LogP contribution in [-0.4, -0.2) is 50.5 Å². The molecule has 2 rings (SSSR count). The number of nitrogens with zero attached hydrogens (tertiary/aromatic N) is 2. The smallest absolute Gasteiger partial charge is 0.244 e. The number of hydrogen-bond donors (Lipinski definition) is 2. The van der Waals surface area contributed by atoms with E-state index in [2.05, 4.69) is 15.1 Å².